The maximum Gasteiger partial charge on any atom is 0.230 e. The average molecular weight is 248 g/mol. The van der Waals surface area contributed by atoms with Gasteiger partial charge in [-0.2, -0.15) is 0 Å². The summed E-state index contributed by atoms with van der Waals surface area (Å²) < 4.78 is 23.6. The van der Waals surface area contributed by atoms with E-state index in [9.17, 15) is 4.39 Å². The standard InChI is InChI=1S/C13H13FN2O2/c1-17-10-5-4-8(6-9(10)14)11-12(7-2-3-7)16-18-13(11)15/h4-7H,2-3,15H2,1H3. The normalized spacial score (nSPS) is 14.8. The first-order valence-electron chi connectivity index (χ1n) is 5.79. The zero-order chi connectivity index (χ0) is 12.7. The van der Waals surface area contributed by atoms with Gasteiger partial charge in [0.25, 0.3) is 0 Å². The molecule has 0 aliphatic heterocycles. The molecule has 0 spiro atoms. The van der Waals surface area contributed by atoms with Gasteiger partial charge in [-0.3, -0.25) is 0 Å². The molecule has 94 valence electrons. The van der Waals surface area contributed by atoms with Crippen molar-refractivity contribution in [1.82, 2.24) is 5.16 Å². The van der Waals surface area contributed by atoms with Crippen LogP contribution in [-0.2, 0) is 0 Å². The predicted octanol–water partition coefficient (Wildman–Crippen LogP) is 2.95. The van der Waals surface area contributed by atoms with Crippen LogP contribution in [0.5, 0.6) is 5.75 Å². The lowest BCUT2D eigenvalue weighted by Gasteiger charge is -2.05. The van der Waals surface area contributed by atoms with Crippen molar-refractivity contribution < 1.29 is 13.7 Å². The Morgan fingerprint density at radius 2 is 2.22 bits per heavy atom. The number of nitrogens with zero attached hydrogens (tertiary/aromatic N) is 1. The van der Waals surface area contributed by atoms with E-state index in [1.54, 1.807) is 12.1 Å². The Morgan fingerprint density at radius 3 is 2.83 bits per heavy atom. The smallest absolute Gasteiger partial charge is 0.230 e. The van der Waals surface area contributed by atoms with Crippen LogP contribution in [0.2, 0.25) is 0 Å². The SMILES string of the molecule is COc1ccc(-c2c(C3CC3)noc2N)cc1F. The Balaban J connectivity index is 2.09. The van der Waals surface area contributed by atoms with Gasteiger partial charge in [0, 0.05) is 5.92 Å². The third-order valence-corrected chi connectivity index (χ3v) is 3.15. The molecule has 1 aliphatic rings. The molecular weight excluding hydrogens is 235 g/mol. The summed E-state index contributed by atoms with van der Waals surface area (Å²) in [5.74, 6) is 0.423. The van der Waals surface area contributed by atoms with E-state index in [1.807, 2.05) is 0 Å². The number of ether oxygens (including phenoxy) is 1. The highest BCUT2D eigenvalue weighted by Crippen LogP contribution is 2.46. The lowest BCUT2D eigenvalue weighted by molar-refractivity contribution is 0.386. The number of aromatic nitrogens is 1. The second-order valence-corrected chi connectivity index (χ2v) is 4.43. The van der Waals surface area contributed by atoms with Crippen molar-refractivity contribution in [2.75, 3.05) is 12.8 Å². The number of hydrogen-bond donors (Lipinski definition) is 1. The molecule has 0 amide bonds. The Bertz CT molecular complexity index is 591. The van der Waals surface area contributed by atoms with Gasteiger partial charge >= 0.3 is 0 Å². The van der Waals surface area contributed by atoms with E-state index < -0.39 is 5.82 Å². The molecule has 1 aromatic heterocycles. The molecule has 0 atom stereocenters. The van der Waals surface area contributed by atoms with Crippen LogP contribution in [0.3, 0.4) is 0 Å². The summed E-state index contributed by atoms with van der Waals surface area (Å²) in [5.41, 5.74) is 7.99. The van der Waals surface area contributed by atoms with Crippen LogP contribution in [0.4, 0.5) is 10.3 Å². The first-order chi connectivity index (χ1) is 8.70. The molecule has 3 rings (SSSR count). The minimum Gasteiger partial charge on any atom is -0.494 e. The maximum absolute atomic E-state index is 13.7. The van der Waals surface area contributed by atoms with Gasteiger partial charge < -0.3 is 15.0 Å². The zero-order valence-electron chi connectivity index (χ0n) is 9.94. The fourth-order valence-electron chi connectivity index (χ4n) is 2.06. The van der Waals surface area contributed by atoms with Crippen LogP contribution in [0.1, 0.15) is 24.5 Å². The quantitative estimate of drug-likeness (QED) is 0.907. The van der Waals surface area contributed by atoms with E-state index in [0.29, 0.717) is 17.0 Å². The van der Waals surface area contributed by atoms with Gasteiger partial charge in [-0.05, 0) is 30.5 Å². The molecule has 2 N–H and O–H groups in total. The minimum absolute atomic E-state index is 0.210. The van der Waals surface area contributed by atoms with Gasteiger partial charge in [0.05, 0.1) is 18.4 Å². The minimum atomic E-state index is -0.419. The van der Waals surface area contributed by atoms with Crippen molar-refractivity contribution in [3.05, 3.63) is 29.7 Å². The first-order valence-corrected chi connectivity index (χ1v) is 5.79. The third-order valence-electron chi connectivity index (χ3n) is 3.15. The molecule has 5 heteroatoms. The fourth-order valence-corrected chi connectivity index (χ4v) is 2.06. The molecule has 0 bridgehead atoms. The van der Waals surface area contributed by atoms with E-state index in [-0.39, 0.29) is 11.6 Å². The molecule has 0 radical (unpaired) electrons. The molecule has 0 unspecified atom stereocenters. The van der Waals surface area contributed by atoms with E-state index in [4.69, 9.17) is 15.0 Å². The van der Waals surface area contributed by atoms with Crippen LogP contribution in [0.15, 0.2) is 22.7 Å². The number of benzene rings is 1. The Kier molecular flexibility index (Phi) is 2.47. The number of nitrogens with two attached hydrogens (primary N) is 1. The highest BCUT2D eigenvalue weighted by atomic mass is 19.1. The highest BCUT2D eigenvalue weighted by Gasteiger charge is 2.31. The number of nitrogen functional groups attached to an aromatic ring is 1. The Morgan fingerprint density at radius 1 is 1.44 bits per heavy atom. The summed E-state index contributed by atoms with van der Waals surface area (Å²) in [6, 6.07) is 4.73. The van der Waals surface area contributed by atoms with E-state index in [1.165, 1.54) is 13.2 Å². The van der Waals surface area contributed by atoms with E-state index >= 15 is 0 Å². The van der Waals surface area contributed by atoms with Crippen LogP contribution >= 0.6 is 0 Å². The molecule has 1 fully saturated rings. The van der Waals surface area contributed by atoms with E-state index in [2.05, 4.69) is 5.16 Å². The first kappa shape index (κ1) is 11.1. The molecule has 1 saturated carbocycles. The van der Waals surface area contributed by atoms with Gasteiger partial charge in [0.15, 0.2) is 11.6 Å². The van der Waals surface area contributed by atoms with Gasteiger partial charge in [-0.1, -0.05) is 11.2 Å². The van der Waals surface area contributed by atoms with Crippen molar-refractivity contribution in [3.63, 3.8) is 0 Å². The molecular formula is C13H13FN2O2. The van der Waals surface area contributed by atoms with Crippen molar-refractivity contribution in [2.24, 2.45) is 0 Å². The molecule has 1 aromatic carbocycles. The van der Waals surface area contributed by atoms with Gasteiger partial charge in [-0.15, -0.1) is 0 Å². The Labute approximate surface area is 104 Å². The summed E-state index contributed by atoms with van der Waals surface area (Å²) in [5, 5.41) is 3.97. The third kappa shape index (κ3) is 1.72. The molecule has 18 heavy (non-hydrogen) atoms. The number of hydrogen-bond acceptors (Lipinski definition) is 4. The number of anilines is 1. The molecule has 1 heterocycles. The van der Waals surface area contributed by atoms with Crippen LogP contribution in [0.25, 0.3) is 11.1 Å². The monoisotopic (exact) mass is 248 g/mol. The topological polar surface area (TPSA) is 61.3 Å². The summed E-state index contributed by atoms with van der Waals surface area (Å²) in [7, 11) is 1.43. The molecule has 4 nitrogen and oxygen atoms in total. The van der Waals surface area contributed by atoms with Crippen LogP contribution < -0.4 is 10.5 Å². The lowest BCUT2D eigenvalue weighted by Crippen LogP contribution is -1.92. The van der Waals surface area contributed by atoms with Gasteiger partial charge in [-0.25, -0.2) is 4.39 Å². The fraction of sp³-hybridized carbons (Fsp3) is 0.308. The number of halogens is 1. The van der Waals surface area contributed by atoms with Crippen molar-refractivity contribution in [2.45, 2.75) is 18.8 Å². The zero-order valence-corrected chi connectivity index (χ0v) is 9.94. The van der Waals surface area contributed by atoms with Gasteiger partial charge in [0.1, 0.15) is 0 Å². The maximum atomic E-state index is 13.7. The second kappa shape index (κ2) is 4.01. The molecule has 2 aromatic rings. The highest BCUT2D eigenvalue weighted by molar-refractivity contribution is 5.76. The summed E-state index contributed by atoms with van der Waals surface area (Å²) in [6.45, 7) is 0. The Hall–Kier alpha value is -2.04. The van der Waals surface area contributed by atoms with Gasteiger partial charge in [0.2, 0.25) is 5.88 Å². The van der Waals surface area contributed by atoms with Crippen LogP contribution in [0, 0.1) is 5.82 Å². The lowest BCUT2D eigenvalue weighted by atomic mass is 10.0. The largest absolute Gasteiger partial charge is 0.494 e. The molecule has 1 aliphatic carbocycles. The van der Waals surface area contributed by atoms with E-state index in [0.717, 1.165) is 18.5 Å². The second-order valence-electron chi connectivity index (χ2n) is 4.43. The summed E-state index contributed by atoms with van der Waals surface area (Å²) in [6.07, 6.45) is 2.16. The summed E-state index contributed by atoms with van der Waals surface area (Å²) in [4.78, 5) is 0. The van der Waals surface area contributed by atoms with Crippen molar-refractivity contribution >= 4 is 5.88 Å². The number of rotatable bonds is 3. The molecule has 0 saturated heterocycles. The number of methoxy groups -OCH3 is 1. The van der Waals surface area contributed by atoms with Crippen LogP contribution in [-0.4, -0.2) is 12.3 Å². The summed E-state index contributed by atoms with van der Waals surface area (Å²) >= 11 is 0. The van der Waals surface area contributed by atoms with Crippen molar-refractivity contribution in [3.8, 4) is 16.9 Å². The average Bonchev–Trinajstić information content (AvgIpc) is 3.13. The predicted molar refractivity (Wildman–Crippen MR) is 64.8 cm³/mol. The van der Waals surface area contributed by atoms with Crippen molar-refractivity contribution in [1.29, 1.82) is 0 Å².